The average molecular weight is 496 g/mol. The number of carbonyl (C=O) groups is 1. The number of thioether (sulfide) groups is 1. The van der Waals surface area contributed by atoms with E-state index in [1.54, 1.807) is 12.1 Å². The Morgan fingerprint density at radius 2 is 2.11 bits per heavy atom. The molecule has 138 valence electrons. The van der Waals surface area contributed by atoms with E-state index in [4.69, 9.17) is 4.42 Å². The number of nitrogens with zero attached hydrogens (tertiary/aromatic N) is 3. The average Bonchev–Trinajstić information content (AvgIpc) is 3.11. The van der Waals surface area contributed by atoms with E-state index in [-0.39, 0.29) is 28.5 Å². The predicted molar refractivity (Wildman–Crippen MR) is 110 cm³/mol. The molecule has 3 rings (SSSR count). The molecule has 10 heteroatoms. The Morgan fingerprint density at radius 3 is 2.85 bits per heavy atom. The minimum absolute atomic E-state index is 0.0628. The number of hydrogen-bond donors (Lipinski definition) is 1. The van der Waals surface area contributed by atoms with Gasteiger partial charge in [0.15, 0.2) is 0 Å². The first-order chi connectivity index (χ1) is 12.9. The van der Waals surface area contributed by atoms with Crippen molar-refractivity contribution in [3.05, 3.63) is 61.7 Å². The summed E-state index contributed by atoms with van der Waals surface area (Å²) in [4.78, 5) is 22.5. The van der Waals surface area contributed by atoms with Gasteiger partial charge in [0, 0.05) is 27.0 Å². The van der Waals surface area contributed by atoms with Crippen LogP contribution in [0.5, 0.6) is 0 Å². The van der Waals surface area contributed by atoms with Gasteiger partial charge in [-0.3, -0.25) is 14.9 Å². The highest BCUT2D eigenvalue weighted by molar-refractivity contribution is 14.1. The van der Waals surface area contributed by atoms with Crippen LogP contribution in [0.1, 0.15) is 5.56 Å². The van der Waals surface area contributed by atoms with Gasteiger partial charge >= 0.3 is 0 Å². The molecule has 1 amide bonds. The number of nitro benzene ring substituents is 1. The van der Waals surface area contributed by atoms with Crippen LogP contribution in [0.15, 0.2) is 52.1 Å². The number of non-ortho nitro benzene ring substituents is 1. The molecule has 3 aromatic rings. The summed E-state index contributed by atoms with van der Waals surface area (Å²) in [5, 5.41) is 21.7. The summed E-state index contributed by atoms with van der Waals surface area (Å²) in [7, 11) is 0. The summed E-state index contributed by atoms with van der Waals surface area (Å²) in [6.45, 7) is 1.92. The number of aromatic nitrogens is 2. The van der Waals surface area contributed by atoms with E-state index in [1.807, 2.05) is 25.1 Å². The van der Waals surface area contributed by atoms with Crippen molar-refractivity contribution in [1.82, 2.24) is 10.2 Å². The first-order valence-corrected chi connectivity index (χ1v) is 9.76. The fourth-order valence-electron chi connectivity index (χ4n) is 2.22. The highest BCUT2D eigenvalue weighted by atomic mass is 127. The number of anilines is 1. The molecule has 1 heterocycles. The molecular formula is C17H13IN4O4S. The molecule has 0 atom stereocenters. The zero-order valence-electron chi connectivity index (χ0n) is 14.0. The van der Waals surface area contributed by atoms with Crippen molar-refractivity contribution in [2.75, 3.05) is 11.1 Å². The van der Waals surface area contributed by atoms with Gasteiger partial charge in [0.1, 0.15) is 0 Å². The monoisotopic (exact) mass is 496 g/mol. The van der Waals surface area contributed by atoms with Crippen molar-refractivity contribution < 1.29 is 14.1 Å². The maximum absolute atomic E-state index is 12.1. The molecule has 1 N–H and O–H groups in total. The second kappa shape index (κ2) is 8.48. The number of amides is 1. The van der Waals surface area contributed by atoms with Crippen LogP contribution in [-0.2, 0) is 4.79 Å². The number of benzene rings is 2. The van der Waals surface area contributed by atoms with Crippen LogP contribution in [0.4, 0.5) is 11.4 Å². The Kier molecular flexibility index (Phi) is 6.06. The van der Waals surface area contributed by atoms with Gasteiger partial charge < -0.3 is 9.73 Å². The third-order valence-electron chi connectivity index (χ3n) is 3.50. The van der Waals surface area contributed by atoms with Gasteiger partial charge in [-0.15, -0.1) is 10.2 Å². The zero-order chi connectivity index (χ0) is 19.4. The van der Waals surface area contributed by atoms with E-state index in [0.717, 1.165) is 26.6 Å². The number of hydrogen-bond acceptors (Lipinski definition) is 7. The summed E-state index contributed by atoms with van der Waals surface area (Å²) in [6, 6.07) is 11.7. The Hall–Kier alpha value is -2.47. The molecule has 0 saturated carbocycles. The second-order valence-corrected chi connectivity index (χ2v) is 7.65. The molecule has 27 heavy (non-hydrogen) atoms. The topological polar surface area (TPSA) is 111 Å². The molecule has 0 aliphatic rings. The van der Waals surface area contributed by atoms with Crippen molar-refractivity contribution >= 4 is 51.6 Å². The second-order valence-electron chi connectivity index (χ2n) is 5.48. The SMILES string of the molecule is Cc1cc(I)ccc1NC(=O)CSc1nnc(-c2cccc([N+](=O)[O-])c2)o1. The quantitative estimate of drug-likeness (QED) is 0.235. The standard InChI is InChI=1S/C17H13IN4O4S/c1-10-7-12(18)5-6-14(10)19-15(23)9-27-17-21-20-16(26-17)11-3-2-4-13(8-11)22(24)25/h2-8H,9H2,1H3,(H,19,23). The van der Waals surface area contributed by atoms with Crippen molar-refractivity contribution in [2.24, 2.45) is 0 Å². The van der Waals surface area contributed by atoms with Gasteiger partial charge in [-0.05, 0) is 59.3 Å². The highest BCUT2D eigenvalue weighted by Gasteiger charge is 2.14. The number of nitrogens with one attached hydrogen (secondary N) is 1. The van der Waals surface area contributed by atoms with E-state index in [0.29, 0.717) is 5.56 Å². The molecule has 1 aromatic heterocycles. The van der Waals surface area contributed by atoms with Crippen molar-refractivity contribution in [3.8, 4) is 11.5 Å². The lowest BCUT2D eigenvalue weighted by molar-refractivity contribution is -0.384. The van der Waals surface area contributed by atoms with Crippen LogP contribution in [0.2, 0.25) is 0 Å². The summed E-state index contributed by atoms with van der Waals surface area (Å²) in [5.74, 6) is 0.0663. The molecule has 0 bridgehead atoms. The summed E-state index contributed by atoms with van der Waals surface area (Å²) in [5.41, 5.74) is 2.12. The molecule has 8 nitrogen and oxygen atoms in total. The Bertz CT molecular complexity index is 1010. The number of nitro groups is 1. The number of rotatable bonds is 6. The summed E-state index contributed by atoms with van der Waals surface area (Å²) >= 11 is 3.31. The Balaban J connectivity index is 1.62. The predicted octanol–water partition coefficient (Wildman–Crippen LogP) is 4.29. The molecule has 0 saturated heterocycles. The Morgan fingerprint density at radius 1 is 1.30 bits per heavy atom. The molecular weight excluding hydrogens is 483 g/mol. The van der Waals surface area contributed by atoms with E-state index in [1.165, 1.54) is 12.1 Å². The van der Waals surface area contributed by atoms with Gasteiger partial charge in [0.2, 0.25) is 11.8 Å². The normalized spacial score (nSPS) is 10.6. The van der Waals surface area contributed by atoms with E-state index in [2.05, 4.69) is 38.1 Å². The van der Waals surface area contributed by atoms with E-state index < -0.39 is 4.92 Å². The Labute approximate surface area is 172 Å². The van der Waals surface area contributed by atoms with Crippen LogP contribution in [0, 0.1) is 20.6 Å². The van der Waals surface area contributed by atoms with Gasteiger partial charge in [-0.25, -0.2) is 0 Å². The molecule has 0 fully saturated rings. The van der Waals surface area contributed by atoms with Crippen LogP contribution in [-0.4, -0.2) is 26.8 Å². The first-order valence-electron chi connectivity index (χ1n) is 7.69. The van der Waals surface area contributed by atoms with Crippen LogP contribution in [0.25, 0.3) is 11.5 Å². The van der Waals surface area contributed by atoms with Crippen LogP contribution >= 0.6 is 34.4 Å². The third-order valence-corrected chi connectivity index (χ3v) is 4.99. The summed E-state index contributed by atoms with van der Waals surface area (Å²) < 4.78 is 6.58. The lowest BCUT2D eigenvalue weighted by atomic mass is 10.2. The third kappa shape index (κ3) is 5.04. The highest BCUT2D eigenvalue weighted by Crippen LogP contribution is 2.26. The van der Waals surface area contributed by atoms with Gasteiger partial charge in [0.05, 0.1) is 10.7 Å². The summed E-state index contributed by atoms with van der Waals surface area (Å²) in [6.07, 6.45) is 0. The maximum atomic E-state index is 12.1. The zero-order valence-corrected chi connectivity index (χ0v) is 17.0. The maximum Gasteiger partial charge on any atom is 0.277 e. The molecule has 0 aliphatic carbocycles. The molecule has 0 radical (unpaired) electrons. The number of halogens is 1. The van der Waals surface area contributed by atoms with Crippen LogP contribution in [0.3, 0.4) is 0 Å². The molecule has 2 aromatic carbocycles. The largest absolute Gasteiger partial charge is 0.411 e. The number of carbonyl (C=O) groups excluding carboxylic acids is 1. The van der Waals surface area contributed by atoms with E-state index >= 15 is 0 Å². The van der Waals surface area contributed by atoms with Crippen LogP contribution < -0.4 is 5.32 Å². The number of aryl methyl sites for hydroxylation is 1. The van der Waals surface area contributed by atoms with E-state index in [9.17, 15) is 14.9 Å². The van der Waals surface area contributed by atoms with Gasteiger partial charge in [-0.2, -0.15) is 0 Å². The van der Waals surface area contributed by atoms with Crippen molar-refractivity contribution in [1.29, 1.82) is 0 Å². The minimum Gasteiger partial charge on any atom is -0.411 e. The lowest BCUT2D eigenvalue weighted by Gasteiger charge is -2.07. The smallest absolute Gasteiger partial charge is 0.277 e. The molecule has 0 unspecified atom stereocenters. The fourth-order valence-corrected chi connectivity index (χ4v) is 3.43. The lowest BCUT2D eigenvalue weighted by Crippen LogP contribution is -2.14. The van der Waals surface area contributed by atoms with Crippen molar-refractivity contribution in [2.45, 2.75) is 12.1 Å². The van der Waals surface area contributed by atoms with Crippen molar-refractivity contribution in [3.63, 3.8) is 0 Å². The molecule has 0 spiro atoms. The van der Waals surface area contributed by atoms with Gasteiger partial charge in [-0.1, -0.05) is 17.8 Å². The molecule has 0 aliphatic heterocycles. The van der Waals surface area contributed by atoms with Gasteiger partial charge in [0.25, 0.3) is 10.9 Å². The minimum atomic E-state index is -0.494. The fraction of sp³-hybridized carbons (Fsp3) is 0.118. The first kappa shape index (κ1) is 19.3.